The van der Waals surface area contributed by atoms with Gasteiger partial charge in [0.25, 0.3) is 0 Å². The van der Waals surface area contributed by atoms with Crippen LogP contribution >= 0.6 is 22.9 Å². The first-order valence-electron chi connectivity index (χ1n) is 4.84. The van der Waals surface area contributed by atoms with Crippen molar-refractivity contribution in [2.24, 2.45) is 0 Å². The molecule has 0 saturated heterocycles. The molecule has 0 saturated carbocycles. The third-order valence-electron chi connectivity index (χ3n) is 2.52. The highest BCUT2D eigenvalue weighted by atomic mass is 127. The van der Waals surface area contributed by atoms with E-state index in [9.17, 15) is 9.90 Å². The fourth-order valence-electron chi connectivity index (χ4n) is 1.69. The summed E-state index contributed by atoms with van der Waals surface area (Å²) < 4.78 is 2.70. The molecule has 0 radical (unpaired) electrons. The van der Waals surface area contributed by atoms with E-state index < -0.39 is 12.0 Å². The van der Waals surface area contributed by atoms with Crippen LogP contribution < -0.4 is 8.64 Å². The molecule has 0 amide bonds. The summed E-state index contributed by atoms with van der Waals surface area (Å²) in [5.74, 6) is -1.08. The van der Waals surface area contributed by atoms with Crippen molar-refractivity contribution >= 4 is 39.7 Å². The molecule has 0 spiro atoms. The van der Waals surface area contributed by atoms with Gasteiger partial charge in [0.05, 0.1) is 12.0 Å². The van der Waals surface area contributed by atoms with Crippen molar-refractivity contribution in [3.05, 3.63) is 36.0 Å². The minimum absolute atomic E-state index is 0.412. The van der Waals surface area contributed by atoms with Crippen molar-refractivity contribution in [2.45, 2.75) is 12.5 Å². The monoisotopic (exact) mass is 329 g/mol. The van der Waals surface area contributed by atoms with Gasteiger partial charge in [-0.05, 0) is 18.1 Å². The van der Waals surface area contributed by atoms with Gasteiger partial charge in [-0.2, -0.15) is 0 Å². The number of nitrogens with one attached hydrogen (secondary N) is 2. The smallest absolute Gasteiger partial charge is 0.0599 e. The van der Waals surface area contributed by atoms with E-state index in [1.165, 1.54) is 0 Å². The molecule has 1 aromatic heterocycles. The largest absolute Gasteiger partial charge is 0.548 e. The molecule has 0 fully saturated rings. The Morgan fingerprint density at radius 3 is 2.94 bits per heavy atom. The molecule has 1 unspecified atom stereocenters. The quantitative estimate of drug-likeness (QED) is 0.643. The van der Waals surface area contributed by atoms with Crippen molar-refractivity contribution < 1.29 is 9.90 Å². The summed E-state index contributed by atoms with van der Waals surface area (Å²) in [6.45, 7) is 0. The van der Waals surface area contributed by atoms with Gasteiger partial charge in [0.2, 0.25) is 0 Å². The van der Waals surface area contributed by atoms with Gasteiger partial charge in [-0.25, -0.2) is 0 Å². The maximum atomic E-state index is 10.8. The molecule has 0 aliphatic rings. The van der Waals surface area contributed by atoms with Crippen LogP contribution in [0.25, 0.3) is 10.9 Å². The third kappa shape index (κ3) is 2.19. The van der Waals surface area contributed by atoms with Crippen LogP contribution in [0.1, 0.15) is 5.56 Å². The predicted octanol–water partition coefficient (Wildman–Crippen LogP) is 0.768. The number of carbonyl (C=O) groups excluding carboxylic acids is 1. The van der Waals surface area contributed by atoms with E-state index in [0.717, 1.165) is 16.5 Å². The Morgan fingerprint density at radius 1 is 1.50 bits per heavy atom. The fraction of sp³-hybridized carbons (Fsp3) is 0.182. The first kappa shape index (κ1) is 11.4. The lowest BCUT2D eigenvalue weighted by atomic mass is 10.1. The first-order valence-corrected chi connectivity index (χ1v) is 5.92. The van der Waals surface area contributed by atoms with E-state index in [1.807, 2.05) is 53.3 Å². The number of aliphatic carboxylic acids is 1. The molecule has 0 aliphatic carbocycles. The van der Waals surface area contributed by atoms with Crippen molar-refractivity contribution in [3.8, 4) is 0 Å². The second-order valence-corrected chi connectivity index (χ2v) is 4.17. The fourth-order valence-corrected chi connectivity index (χ4v) is 2.16. The topological polar surface area (TPSA) is 67.9 Å². The Morgan fingerprint density at radius 2 is 2.25 bits per heavy atom. The zero-order valence-electron chi connectivity index (χ0n) is 8.37. The minimum atomic E-state index is -1.08. The van der Waals surface area contributed by atoms with Gasteiger partial charge < -0.3 is 14.9 Å². The van der Waals surface area contributed by atoms with Crippen molar-refractivity contribution in [3.63, 3.8) is 0 Å². The van der Waals surface area contributed by atoms with Gasteiger partial charge in [-0.15, -0.1) is 0 Å². The summed E-state index contributed by atoms with van der Waals surface area (Å²) in [5.41, 5.74) is 2.00. The number of aromatic nitrogens is 1. The average Bonchev–Trinajstić information content (AvgIpc) is 2.69. The average molecular weight is 329 g/mol. The number of carboxylic acid groups (broad SMARTS) is 1. The van der Waals surface area contributed by atoms with Crippen molar-refractivity contribution in [1.29, 1.82) is 0 Å². The standard InChI is InChI=1S/C11H11IN2O2/c12-14-10(11(15)16)5-7-6-13-9-4-2-1-3-8(7)9/h1-4,6,10,13-14H,5H2,(H,15,16)/p-1. The van der Waals surface area contributed by atoms with Gasteiger partial charge in [0.15, 0.2) is 0 Å². The van der Waals surface area contributed by atoms with E-state index in [-0.39, 0.29) is 0 Å². The molecule has 2 aromatic rings. The third-order valence-corrected chi connectivity index (χ3v) is 3.27. The molecule has 0 bridgehead atoms. The number of para-hydroxylation sites is 1. The lowest BCUT2D eigenvalue weighted by molar-refractivity contribution is -0.307. The van der Waals surface area contributed by atoms with E-state index >= 15 is 0 Å². The second kappa shape index (κ2) is 4.84. The number of carboxylic acids is 1. The number of hydrogen-bond acceptors (Lipinski definition) is 3. The number of halogens is 1. The Bertz CT molecular complexity index is 509. The van der Waals surface area contributed by atoms with Crippen LogP contribution in [-0.2, 0) is 11.2 Å². The van der Waals surface area contributed by atoms with E-state index in [1.54, 1.807) is 0 Å². The number of hydrogen-bond donors (Lipinski definition) is 2. The maximum absolute atomic E-state index is 10.8. The van der Waals surface area contributed by atoms with E-state index in [2.05, 4.69) is 8.51 Å². The molecular formula is C11H10IN2O2-. The molecule has 4 nitrogen and oxygen atoms in total. The second-order valence-electron chi connectivity index (χ2n) is 3.54. The van der Waals surface area contributed by atoms with Crippen LogP contribution in [0.15, 0.2) is 30.5 Å². The van der Waals surface area contributed by atoms with E-state index in [4.69, 9.17) is 0 Å². The summed E-state index contributed by atoms with van der Waals surface area (Å²) >= 11 is 1.83. The van der Waals surface area contributed by atoms with Crippen LogP contribution in [0.5, 0.6) is 0 Å². The highest BCUT2D eigenvalue weighted by Crippen LogP contribution is 2.19. The van der Waals surface area contributed by atoms with Crippen LogP contribution in [0.4, 0.5) is 0 Å². The number of carbonyl (C=O) groups is 1. The number of fused-ring (bicyclic) bond motifs is 1. The molecule has 84 valence electrons. The summed E-state index contributed by atoms with van der Waals surface area (Å²) in [4.78, 5) is 13.9. The molecular weight excluding hydrogens is 319 g/mol. The zero-order chi connectivity index (χ0) is 11.5. The number of aromatic amines is 1. The predicted molar refractivity (Wildman–Crippen MR) is 68.0 cm³/mol. The maximum Gasteiger partial charge on any atom is 0.0599 e. The van der Waals surface area contributed by atoms with E-state index in [0.29, 0.717) is 6.42 Å². The normalized spacial score (nSPS) is 12.8. The zero-order valence-corrected chi connectivity index (χ0v) is 10.5. The molecule has 1 aromatic carbocycles. The summed E-state index contributed by atoms with van der Waals surface area (Å²) in [6.07, 6.45) is 2.25. The molecule has 0 aliphatic heterocycles. The van der Waals surface area contributed by atoms with Crippen LogP contribution in [-0.4, -0.2) is 17.0 Å². The minimum Gasteiger partial charge on any atom is -0.548 e. The molecule has 5 heteroatoms. The lowest BCUT2D eigenvalue weighted by Gasteiger charge is -2.15. The molecule has 2 rings (SSSR count). The van der Waals surface area contributed by atoms with Crippen LogP contribution in [0.3, 0.4) is 0 Å². The molecule has 1 heterocycles. The number of rotatable bonds is 4. The number of H-pyrrole nitrogens is 1. The Balaban J connectivity index is 2.30. The highest BCUT2D eigenvalue weighted by molar-refractivity contribution is 14.1. The summed E-state index contributed by atoms with van der Waals surface area (Å²) in [6, 6.07) is 7.14. The highest BCUT2D eigenvalue weighted by Gasteiger charge is 2.11. The van der Waals surface area contributed by atoms with Crippen LogP contribution in [0, 0.1) is 0 Å². The van der Waals surface area contributed by atoms with Gasteiger partial charge in [-0.1, -0.05) is 18.2 Å². The summed E-state index contributed by atoms with van der Waals surface area (Å²) in [7, 11) is 0. The van der Waals surface area contributed by atoms with Crippen LogP contribution in [0.2, 0.25) is 0 Å². The lowest BCUT2D eigenvalue weighted by Crippen LogP contribution is -2.43. The Kier molecular flexibility index (Phi) is 3.45. The number of benzene rings is 1. The summed E-state index contributed by atoms with van der Waals surface area (Å²) in [5, 5.41) is 11.9. The Labute approximate surface area is 107 Å². The van der Waals surface area contributed by atoms with Crippen molar-refractivity contribution in [2.75, 3.05) is 0 Å². The van der Waals surface area contributed by atoms with Gasteiger partial charge >= 0.3 is 0 Å². The molecule has 2 N–H and O–H groups in total. The Hall–Kier alpha value is -1.08. The van der Waals surface area contributed by atoms with Crippen molar-refractivity contribution in [1.82, 2.24) is 8.51 Å². The molecule has 1 atom stereocenters. The van der Waals surface area contributed by atoms with Gasteiger partial charge in [0.1, 0.15) is 0 Å². The van der Waals surface area contributed by atoms with Gasteiger partial charge in [-0.3, -0.25) is 3.53 Å². The molecule has 16 heavy (non-hydrogen) atoms. The first-order chi connectivity index (χ1) is 7.72. The van der Waals surface area contributed by atoms with Gasteiger partial charge in [0, 0.05) is 40.0 Å². The SMILES string of the molecule is O=C([O-])C(Cc1c[nH]c2ccccc12)NI.